The number of hydrogen-bond donors (Lipinski definition) is 0. The van der Waals surface area contributed by atoms with Crippen LogP contribution in [0.2, 0.25) is 0 Å². The van der Waals surface area contributed by atoms with Gasteiger partial charge in [0.2, 0.25) is 5.91 Å². The molecule has 2 fully saturated rings. The summed E-state index contributed by atoms with van der Waals surface area (Å²) in [6, 6.07) is 24.0. The number of ether oxygens (including phenoxy) is 1. The van der Waals surface area contributed by atoms with Gasteiger partial charge in [0.15, 0.2) is 6.10 Å². The molecule has 0 unspecified atom stereocenters. The fraction of sp³-hybridized carbons (Fsp3) is 0.200. The van der Waals surface area contributed by atoms with E-state index in [2.05, 4.69) is 0 Å². The molecule has 2 heterocycles. The number of imide groups is 1. The number of anilines is 2. The van der Waals surface area contributed by atoms with Crippen molar-refractivity contribution < 1.29 is 19.2 Å². The number of para-hydroxylation sites is 1. The number of carbonyl (C=O) groups is 2. The average molecular weight is 414 g/mol. The highest BCUT2D eigenvalue weighted by Gasteiger charge is 2.60. The summed E-state index contributed by atoms with van der Waals surface area (Å²) in [4.78, 5) is 34.3. The van der Waals surface area contributed by atoms with Gasteiger partial charge in [-0.15, -0.1) is 0 Å². The van der Waals surface area contributed by atoms with Crippen molar-refractivity contribution in [3.8, 4) is 5.75 Å². The van der Waals surface area contributed by atoms with Crippen molar-refractivity contribution in [2.75, 3.05) is 17.1 Å². The number of methoxy groups -OCH3 is 1. The van der Waals surface area contributed by atoms with E-state index in [-0.39, 0.29) is 11.8 Å². The largest absolute Gasteiger partial charge is 0.497 e. The molecule has 6 nitrogen and oxygen atoms in total. The number of hydroxylamine groups is 1. The third-order valence-corrected chi connectivity index (χ3v) is 5.84. The Morgan fingerprint density at radius 3 is 2.23 bits per heavy atom. The lowest BCUT2D eigenvalue weighted by molar-refractivity contribution is -0.126. The van der Waals surface area contributed by atoms with Gasteiger partial charge in [-0.3, -0.25) is 14.4 Å². The summed E-state index contributed by atoms with van der Waals surface area (Å²) in [5.41, 5.74) is 3.23. The lowest BCUT2D eigenvalue weighted by Gasteiger charge is -2.28. The molecule has 0 bridgehead atoms. The molecule has 156 valence electrons. The quantitative estimate of drug-likeness (QED) is 0.603. The molecule has 3 aromatic rings. The highest BCUT2D eigenvalue weighted by molar-refractivity contribution is 6.23. The van der Waals surface area contributed by atoms with Crippen molar-refractivity contribution in [3.63, 3.8) is 0 Å². The van der Waals surface area contributed by atoms with Crippen molar-refractivity contribution in [2.24, 2.45) is 5.92 Å². The molecule has 5 rings (SSSR count). The number of amides is 2. The third-order valence-electron chi connectivity index (χ3n) is 5.84. The first-order chi connectivity index (χ1) is 15.1. The van der Waals surface area contributed by atoms with E-state index < -0.39 is 18.1 Å². The van der Waals surface area contributed by atoms with E-state index in [9.17, 15) is 9.59 Å². The molecule has 0 aliphatic carbocycles. The Morgan fingerprint density at radius 1 is 0.839 bits per heavy atom. The Morgan fingerprint density at radius 2 is 1.55 bits per heavy atom. The number of hydrogen-bond acceptors (Lipinski definition) is 5. The highest BCUT2D eigenvalue weighted by atomic mass is 16.7. The number of benzene rings is 3. The fourth-order valence-corrected chi connectivity index (χ4v) is 4.37. The zero-order valence-corrected chi connectivity index (χ0v) is 17.3. The van der Waals surface area contributed by atoms with Gasteiger partial charge >= 0.3 is 0 Å². The maximum Gasteiger partial charge on any atom is 0.266 e. The minimum atomic E-state index is -0.875. The second-order valence-corrected chi connectivity index (χ2v) is 7.78. The third kappa shape index (κ3) is 3.16. The Labute approximate surface area is 180 Å². The van der Waals surface area contributed by atoms with Gasteiger partial charge in [-0.1, -0.05) is 42.5 Å². The number of aryl methyl sites for hydroxylation is 1. The number of nitrogens with zero attached hydrogens (tertiary/aromatic N) is 2. The highest BCUT2D eigenvalue weighted by Crippen LogP contribution is 2.47. The molecule has 0 N–H and O–H groups in total. The molecular formula is C25H22N2O4. The standard InChI is InChI=1S/C25H22N2O4/c1-16-7-6-10-19(15-16)26-24(28)21-22(17-11-13-20(30-2)14-12-17)27(31-23(21)25(26)29)18-8-4-3-5-9-18/h3-15,21-23H,1-2H3/t21-,22-,23+/m0/s1. The summed E-state index contributed by atoms with van der Waals surface area (Å²) in [6.07, 6.45) is -0.875. The molecule has 0 saturated carbocycles. The predicted molar refractivity (Wildman–Crippen MR) is 117 cm³/mol. The van der Waals surface area contributed by atoms with Gasteiger partial charge in [0, 0.05) is 0 Å². The minimum Gasteiger partial charge on any atom is -0.497 e. The van der Waals surface area contributed by atoms with E-state index in [1.807, 2.05) is 79.7 Å². The van der Waals surface area contributed by atoms with Crippen LogP contribution in [0.1, 0.15) is 17.2 Å². The van der Waals surface area contributed by atoms with Gasteiger partial charge < -0.3 is 4.74 Å². The molecular weight excluding hydrogens is 392 g/mol. The lowest BCUT2D eigenvalue weighted by atomic mass is 9.90. The molecule has 3 aromatic carbocycles. The zero-order valence-electron chi connectivity index (χ0n) is 17.3. The monoisotopic (exact) mass is 414 g/mol. The summed E-state index contributed by atoms with van der Waals surface area (Å²) in [5.74, 6) is -0.514. The van der Waals surface area contributed by atoms with Gasteiger partial charge in [-0.05, 0) is 54.4 Å². The van der Waals surface area contributed by atoms with Crippen LogP contribution in [0.4, 0.5) is 11.4 Å². The molecule has 3 atom stereocenters. The van der Waals surface area contributed by atoms with Gasteiger partial charge in [0.25, 0.3) is 5.91 Å². The summed E-state index contributed by atoms with van der Waals surface area (Å²) in [7, 11) is 1.61. The van der Waals surface area contributed by atoms with Crippen LogP contribution in [0.25, 0.3) is 0 Å². The normalized spacial score (nSPS) is 22.7. The Bertz CT molecular complexity index is 1130. The van der Waals surface area contributed by atoms with E-state index in [4.69, 9.17) is 9.57 Å². The fourth-order valence-electron chi connectivity index (χ4n) is 4.37. The van der Waals surface area contributed by atoms with Crippen LogP contribution < -0.4 is 14.7 Å². The van der Waals surface area contributed by atoms with Crippen LogP contribution in [0, 0.1) is 12.8 Å². The van der Waals surface area contributed by atoms with E-state index in [1.54, 1.807) is 18.2 Å². The maximum atomic E-state index is 13.6. The molecule has 2 aliphatic rings. The minimum absolute atomic E-state index is 0.250. The number of fused-ring (bicyclic) bond motifs is 1. The van der Waals surface area contributed by atoms with Gasteiger partial charge in [0.1, 0.15) is 11.7 Å². The topological polar surface area (TPSA) is 59.1 Å². The first-order valence-electron chi connectivity index (χ1n) is 10.2. The number of rotatable bonds is 4. The molecule has 2 aliphatic heterocycles. The van der Waals surface area contributed by atoms with Crippen molar-refractivity contribution >= 4 is 23.2 Å². The van der Waals surface area contributed by atoms with E-state index in [1.165, 1.54) is 4.90 Å². The van der Waals surface area contributed by atoms with E-state index in [0.29, 0.717) is 5.69 Å². The van der Waals surface area contributed by atoms with Crippen LogP contribution in [-0.2, 0) is 14.4 Å². The molecule has 6 heteroatoms. The molecule has 0 spiro atoms. The van der Waals surface area contributed by atoms with Crippen molar-refractivity contribution in [2.45, 2.75) is 19.1 Å². The summed E-state index contributed by atoms with van der Waals surface area (Å²) in [6.45, 7) is 1.93. The second kappa shape index (κ2) is 7.56. The van der Waals surface area contributed by atoms with Crippen LogP contribution >= 0.6 is 0 Å². The van der Waals surface area contributed by atoms with Crippen LogP contribution in [0.15, 0.2) is 78.9 Å². The van der Waals surface area contributed by atoms with Crippen LogP contribution in [0.5, 0.6) is 5.75 Å². The number of carbonyl (C=O) groups excluding carboxylic acids is 2. The summed E-state index contributed by atoms with van der Waals surface area (Å²) >= 11 is 0. The first-order valence-corrected chi connectivity index (χ1v) is 10.2. The van der Waals surface area contributed by atoms with Crippen molar-refractivity contribution in [1.29, 1.82) is 0 Å². The van der Waals surface area contributed by atoms with Gasteiger partial charge in [-0.25, -0.2) is 9.96 Å². The molecule has 2 saturated heterocycles. The summed E-state index contributed by atoms with van der Waals surface area (Å²) in [5, 5.41) is 1.69. The average Bonchev–Trinajstić information content (AvgIpc) is 3.30. The zero-order chi connectivity index (χ0) is 21.5. The van der Waals surface area contributed by atoms with Crippen LogP contribution in [-0.4, -0.2) is 25.0 Å². The summed E-state index contributed by atoms with van der Waals surface area (Å²) < 4.78 is 5.28. The predicted octanol–water partition coefficient (Wildman–Crippen LogP) is 4.05. The molecule has 0 aromatic heterocycles. The van der Waals surface area contributed by atoms with Crippen molar-refractivity contribution in [3.05, 3.63) is 90.0 Å². The first kappa shape index (κ1) is 19.3. The second-order valence-electron chi connectivity index (χ2n) is 7.78. The van der Waals surface area contributed by atoms with Crippen LogP contribution in [0.3, 0.4) is 0 Å². The smallest absolute Gasteiger partial charge is 0.266 e. The van der Waals surface area contributed by atoms with E-state index >= 15 is 0 Å². The Kier molecular flexibility index (Phi) is 4.71. The van der Waals surface area contributed by atoms with E-state index in [0.717, 1.165) is 22.6 Å². The molecule has 31 heavy (non-hydrogen) atoms. The Hall–Kier alpha value is -3.64. The van der Waals surface area contributed by atoms with Crippen molar-refractivity contribution in [1.82, 2.24) is 0 Å². The van der Waals surface area contributed by atoms with Gasteiger partial charge in [0.05, 0.1) is 24.5 Å². The molecule has 0 radical (unpaired) electrons. The van der Waals surface area contributed by atoms with Gasteiger partial charge in [-0.2, -0.15) is 0 Å². The maximum absolute atomic E-state index is 13.6. The Balaban J connectivity index is 1.58. The SMILES string of the molecule is COc1ccc([C@H]2[C@@H]3C(=O)N(c4cccc(C)c4)C(=O)[C@@H]3ON2c2ccccc2)cc1. The molecule has 2 amide bonds. The lowest BCUT2D eigenvalue weighted by Crippen LogP contribution is -2.37.